The third kappa shape index (κ3) is 4.87. The van der Waals surface area contributed by atoms with E-state index in [0.29, 0.717) is 18.0 Å². The molecular weight excluding hydrogens is 438 g/mol. The van der Waals surface area contributed by atoms with Crippen molar-refractivity contribution in [3.05, 3.63) is 95.6 Å². The summed E-state index contributed by atoms with van der Waals surface area (Å²) in [5.74, 6) is 1.47. The lowest BCUT2D eigenvalue weighted by molar-refractivity contribution is 0.298. The smallest absolute Gasteiger partial charge is 0.244 e. The average Bonchev–Trinajstić information content (AvgIpc) is 3.29. The highest BCUT2D eigenvalue weighted by Crippen LogP contribution is 2.44. The highest BCUT2D eigenvalue weighted by Gasteiger charge is 2.38. The molecule has 6 heteroatoms. The normalized spacial score (nSPS) is 17.4. The Morgan fingerprint density at radius 3 is 2.28 bits per heavy atom. The van der Waals surface area contributed by atoms with Gasteiger partial charge in [0.25, 0.3) is 0 Å². The molecule has 0 bridgehead atoms. The first-order chi connectivity index (χ1) is 15.3. The first-order valence-corrected chi connectivity index (χ1v) is 13.3. The van der Waals surface area contributed by atoms with Crippen LogP contribution in [0.15, 0.2) is 83.8 Å². The van der Waals surface area contributed by atoms with E-state index in [2.05, 4.69) is 20.8 Å². The van der Waals surface area contributed by atoms with Crippen LogP contribution < -0.4 is 4.74 Å². The van der Waals surface area contributed by atoms with Gasteiger partial charge >= 0.3 is 0 Å². The third-order valence-corrected chi connectivity index (χ3v) is 8.85. The maximum Gasteiger partial charge on any atom is 0.244 e. The first kappa shape index (κ1) is 22.9. The summed E-state index contributed by atoms with van der Waals surface area (Å²) in [6.45, 7) is 7.28. The monoisotopic (exact) mass is 467 g/mol. The van der Waals surface area contributed by atoms with E-state index in [-0.39, 0.29) is 10.8 Å². The van der Waals surface area contributed by atoms with E-state index in [1.54, 1.807) is 28.2 Å². The van der Waals surface area contributed by atoms with Gasteiger partial charge in [-0.3, -0.25) is 0 Å². The van der Waals surface area contributed by atoms with Crippen LogP contribution in [0.5, 0.6) is 5.75 Å². The van der Waals surface area contributed by atoms with Crippen LogP contribution in [0.3, 0.4) is 0 Å². The number of nitrogens with zero attached hydrogens (tertiary/aromatic N) is 1. The summed E-state index contributed by atoms with van der Waals surface area (Å²) < 4.78 is 34.8. The average molecular weight is 468 g/mol. The van der Waals surface area contributed by atoms with Crippen LogP contribution in [0.25, 0.3) is 0 Å². The molecule has 1 unspecified atom stereocenters. The molecule has 1 fully saturated rings. The fourth-order valence-electron chi connectivity index (χ4n) is 3.76. The quantitative estimate of drug-likeness (QED) is 0.446. The van der Waals surface area contributed by atoms with E-state index >= 15 is 0 Å². The topological polar surface area (TPSA) is 46.6 Å². The number of hydrogen-bond acceptors (Lipinski definition) is 4. The lowest BCUT2D eigenvalue weighted by Gasteiger charge is -2.26. The van der Waals surface area contributed by atoms with Crippen molar-refractivity contribution in [1.29, 1.82) is 0 Å². The molecule has 0 saturated carbocycles. The van der Waals surface area contributed by atoms with E-state index in [9.17, 15) is 8.42 Å². The van der Waals surface area contributed by atoms with E-state index in [4.69, 9.17) is 4.74 Å². The summed E-state index contributed by atoms with van der Waals surface area (Å²) in [5, 5.41) is -0.311. The number of para-hydroxylation sites is 1. The molecule has 1 saturated heterocycles. The molecule has 0 spiro atoms. The highest BCUT2D eigenvalue weighted by atomic mass is 32.2. The number of hydrogen-bond donors (Lipinski definition) is 0. The Kier molecular flexibility index (Phi) is 6.65. The minimum Gasteiger partial charge on any atom is -0.489 e. The lowest BCUT2D eigenvalue weighted by Crippen LogP contribution is -2.30. The molecule has 1 aliphatic rings. The Hall–Kier alpha value is -2.28. The second-order valence-corrected chi connectivity index (χ2v) is 12.0. The third-order valence-electron chi connectivity index (χ3n) is 5.60. The number of ether oxygens (including phenoxy) is 1. The molecule has 0 radical (unpaired) electrons. The zero-order valence-corrected chi connectivity index (χ0v) is 20.3. The van der Waals surface area contributed by atoms with Crippen LogP contribution in [0.4, 0.5) is 0 Å². The van der Waals surface area contributed by atoms with Gasteiger partial charge in [-0.15, -0.1) is 11.8 Å². The van der Waals surface area contributed by atoms with Crippen molar-refractivity contribution in [2.24, 2.45) is 0 Å². The number of benzene rings is 3. The molecule has 4 rings (SSSR count). The van der Waals surface area contributed by atoms with Gasteiger partial charge in [-0.1, -0.05) is 81.4 Å². The fourth-order valence-corrected chi connectivity index (χ4v) is 7.02. The Labute approximate surface area is 195 Å². The zero-order valence-electron chi connectivity index (χ0n) is 18.7. The highest BCUT2D eigenvalue weighted by molar-refractivity contribution is 8.01. The van der Waals surface area contributed by atoms with Crippen LogP contribution in [0, 0.1) is 0 Å². The number of thioether (sulfide) groups is 1. The number of rotatable bonds is 6. The van der Waals surface area contributed by atoms with Gasteiger partial charge in [0.2, 0.25) is 10.0 Å². The first-order valence-electron chi connectivity index (χ1n) is 10.8. The molecule has 0 amide bonds. The zero-order chi connectivity index (χ0) is 22.8. The largest absolute Gasteiger partial charge is 0.489 e. The summed E-state index contributed by atoms with van der Waals surface area (Å²) in [5.41, 5.74) is 3.05. The van der Waals surface area contributed by atoms with Crippen molar-refractivity contribution in [3.8, 4) is 5.75 Å². The molecule has 3 aromatic carbocycles. The molecule has 1 atom stereocenters. The van der Waals surface area contributed by atoms with Gasteiger partial charge in [0.05, 0.1) is 10.3 Å². The van der Waals surface area contributed by atoms with Gasteiger partial charge < -0.3 is 4.74 Å². The fraction of sp³-hybridized carbons (Fsp3) is 0.308. The SMILES string of the molecule is CC(C)(C)c1ccc(S(=O)(=O)N2CCSC2c2ccccc2OCc2ccccc2)cc1. The maximum atomic E-state index is 13.5. The Morgan fingerprint density at radius 2 is 1.59 bits per heavy atom. The van der Waals surface area contributed by atoms with Crippen LogP contribution in [-0.2, 0) is 22.0 Å². The molecule has 3 aromatic rings. The Bertz CT molecular complexity index is 1150. The van der Waals surface area contributed by atoms with Crippen molar-refractivity contribution in [1.82, 2.24) is 4.31 Å². The van der Waals surface area contributed by atoms with Crippen LogP contribution in [0.2, 0.25) is 0 Å². The second-order valence-electron chi connectivity index (χ2n) is 8.93. The Balaban J connectivity index is 1.60. The predicted molar refractivity (Wildman–Crippen MR) is 131 cm³/mol. The van der Waals surface area contributed by atoms with Crippen molar-refractivity contribution in [3.63, 3.8) is 0 Å². The summed E-state index contributed by atoms with van der Waals surface area (Å²) in [6.07, 6.45) is 0. The van der Waals surface area contributed by atoms with Gasteiger partial charge in [-0.05, 0) is 34.7 Å². The van der Waals surface area contributed by atoms with E-state index in [1.807, 2.05) is 66.7 Å². The van der Waals surface area contributed by atoms with E-state index < -0.39 is 10.0 Å². The predicted octanol–water partition coefficient (Wildman–Crippen LogP) is 6.00. The van der Waals surface area contributed by atoms with Crippen molar-refractivity contribution in [2.45, 2.75) is 43.1 Å². The molecular formula is C26H29NO3S2. The van der Waals surface area contributed by atoms with Gasteiger partial charge in [-0.25, -0.2) is 8.42 Å². The number of sulfonamides is 1. The minimum absolute atomic E-state index is 0.0244. The van der Waals surface area contributed by atoms with E-state index in [1.165, 1.54) is 0 Å². The van der Waals surface area contributed by atoms with Gasteiger partial charge in [0.1, 0.15) is 12.4 Å². The van der Waals surface area contributed by atoms with Gasteiger partial charge in [0.15, 0.2) is 0 Å². The van der Waals surface area contributed by atoms with Crippen LogP contribution >= 0.6 is 11.8 Å². The molecule has 0 N–H and O–H groups in total. The van der Waals surface area contributed by atoms with Crippen LogP contribution in [0.1, 0.15) is 42.8 Å². The maximum absolute atomic E-state index is 13.5. The van der Waals surface area contributed by atoms with E-state index in [0.717, 1.165) is 28.2 Å². The van der Waals surface area contributed by atoms with Crippen LogP contribution in [-0.4, -0.2) is 25.0 Å². The molecule has 32 heavy (non-hydrogen) atoms. The molecule has 4 nitrogen and oxygen atoms in total. The standard InChI is InChI=1S/C26H29NO3S2/c1-26(2,3)21-13-15-22(16-14-21)32(28,29)27-17-18-31-25(27)23-11-7-8-12-24(23)30-19-20-9-5-4-6-10-20/h4-16,25H,17-19H2,1-3H3. The summed E-state index contributed by atoms with van der Waals surface area (Å²) in [7, 11) is -3.63. The minimum atomic E-state index is -3.63. The lowest BCUT2D eigenvalue weighted by atomic mass is 9.87. The summed E-state index contributed by atoms with van der Waals surface area (Å²) >= 11 is 1.64. The molecule has 0 aromatic heterocycles. The van der Waals surface area contributed by atoms with Gasteiger partial charge in [-0.2, -0.15) is 4.31 Å². The molecule has 168 valence electrons. The van der Waals surface area contributed by atoms with Crippen molar-refractivity contribution in [2.75, 3.05) is 12.3 Å². The molecule has 1 heterocycles. The molecule has 0 aliphatic carbocycles. The van der Waals surface area contributed by atoms with Gasteiger partial charge in [0, 0.05) is 17.9 Å². The van der Waals surface area contributed by atoms with Crippen molar-refractivity contribution < 1.29 is 13.2 Å². The molecule has 1 aliphatic heterocycles. The summed E-state index contributed by atoms with van der Waals surface area (Å²) in [6, 6.07) is 25.0. The van der Waals surface area contributed by atoms with Crippen molar-refractivity contribution >= 4 is 21.8 Å². The Morgan fingerprint density at radius 1 is 0.938 bits per heavy atom. The summed E-state index contributed by atoms with van der Waals surface area (Å²) in [4.78, 5) is 0.334. The second kappa shape index (κ2) is 9.30.